The highest BCUT2D eigenvalue weighted by molar-refractivity contribution is 5.78. The Morgan fingerprint density at radius 1 is 1.46 bits per heavy atom. The summed E-state index contributed by atoms with van der Waals surface area (Å²) < 4.78 is 0. The van der Waals surface area contributed by atoms with Crippen molar-refractivity contribution in [1.82, 2.24) is 5.32 Å². The lowest BCUT2D eigenvalue weighted by Crippen LogP contribution is -2.45. The van der Waals surface area contributed by atoms with Gasteiger partial charge in [-0.25, -0.2) is 0 Å². The monoisotopic (exact) mass is 183 g/mol. The molecule has 0 aromatic rings. The topological polar surface area (TPSA) is 50.4 Å². The van der Waals surface area contributed by atoms with Gasteiger partial charge in [-0.15, -0.1) is 0 Å². The van der Waals surface area contributed by atoms with Crippen LogP contribution in [0.2, 0.25) is 0 Å². The highest BCUT2D eigenvalue weighted by atomic mass is 15.1. The molecule has 3 nitrogen and oxygen atoms in total. The second-order valence-corrected chi connectivity index (χ2v) is 4.97. The quantitative estimate of drug-likeness (QED) is 0.503. The standard InChI is InChI=1S/C10H21N3/c1-7(8-5-6-8)12-9(11)13-10(2,3)4/h7-8H,5-6H2,1-4H3,(H3,11,12,13). The van der Waals surface area contributed by atoms with Crippen molar-refractivity contribution in [3.05, 3.63) is 0 Å². The molecule has 3 heteroatoms. The molecule has 76 valence electrons. The summed E-state index contributed by atoms with van der Waals surface area (Å²) in [7, 11) is 0. The molecule has 1 aliphatic carbocycles. The normalized spacial score (nSPS) is 21.4. The first-order valence-corrected chi connectivity index (χ1v) is 5.00. The van der Waals surface area contributed by atoms with Gasteiger partial charge in [-0.2, -0.15) is 0 Å². The highest BCUT2D eigenvalue weighted by Gasteiger charge is 2.27. The minimum Gasteiger partial charge on any atom is -0.370 e. The van der Waals surface area contributed by atoms with Crippen LogP contribution in [0.25, 0.3) is 0 Å². The van der Waals surface area contributed by atoms with Gasteiger partial charge < -0.3 is 11.1 Å². The van der Waals surface area contributed by atoms with Crippen molar-refractivity contribution in [1.29, 1.82) is 0 Å². The summed E-state index contributed by atoms with van der Waals surface area (Å²) in [5.41, 5.74) is 5.78. The molecule has 0 spiro atoms. The van der Waals surface area contributed by atoms with E-state index in [4.69, 9.17) is 5.73 Å². The molecule has 1 atom stereocenters. The Morgan fingerprint density at radius 3 is 2.38 bits per heavy atom. The van der Waals surface area contributed by atoms with Gasteiger partial charge in [0.15, 0.2) is 5.96 Å². The maximum absolute atomic E-state index is 5.77. The van der Waals surface area contributed by atoms with E-state index in [-0.39, 0.29) is 5.54 Å². The number of nitrogens with two attached hydrogens (primary N) is 1. The lowest BCUT2D eigenvalue weighted by atomic mass is 10.1. The van der Waals surface area contributed by atoms with Crippen LogP contribution in [-0.2, 0) is 0 Å². The van der Waals surface area contributed by atoms with Crippen molar-refractivity contribution in [3.8, 4) is 0 Å². The van der Waals surface area contributed by atoms with Gasteiger partial charge in [-0.3, -0.25) is 4.99 Å². The Kier molecular flexibility index (Phi) is 2.84. The van der Waals surface area contributed by atoms with E-state index in [1.165, 1.54) is 12.8 Å². The van der Waals surface area contributed by atoms with Gasteiger partial charge in [0, 0.05) is 5.54 Å². The van der Waals surface area contributed by atoms with Crippen molar-refractivity contribution in [2.24, 2.45) is 16.6 Å². The van der Waals surface area contributed by atoms with Gasteiger partial charge in [-0.1, -0.05) is 0 Å². The maximum atomic E-state index is 5.77. The van der Waals surface area contributed by atoms with Gasteiger partial charge in [0.1, 0.15) is 0 Å². The van der Waals surface area contributed by atoms with E-state index in [2.05, 4.69) is 38.0 Å². The summed E-state index contributed by atoms with van der Waals surface area (Å²) in [6.07, 6.45) is 2.63. The zero-order valence-corrected chi connectivity index (χ0v) is 9.09. The number of guanidine groups is 1. The summed E-state index contributed by atoms with van der Waals surface area (Å²) in [5, 5.41) is 3.16. The molecule has 0 amide bonds. The summed E-state index contributed by atoms with van der Waals surface area (Å²) in [4.78, 5) is 4.41. The average molecular weight is 183 g/mol. The van der Waals surface area contributed by atoms with E-state index in [1.54, 1.807) is 0 Å². The summed E-state index contributed by atoms with van der Waals surface area (Å²) in [5.74, 6) is 1.35. The molecule has 0 aromatic carbocycles. The fraction of sp³-hybridized carbons (Fsp3) is 0.900. The summed E-state index contributed by atoms with van der Waals surface area (Å²) in [6.45, 7) is 8.38. The number of nitrogens with zero attached hydrogens (tertiary/aromatic N) is 1. The maximum Gasteiger partial charge on any atom is 0.189 e. The number of hydrogen-bond acceptors (Lipinski definition) is 1. The minimum atomic E-state index is 0.0108. The largest absolute Gasteiger partial charge is 0.370 e. The van der Waals surface area contributed by atoms with Crippen LogP contribution in [-0.4, -0.2) is 17.5 Å². The van der Waals surface area contributed by atoms with Crippen LogP contribution in [0.3, 0.4) is 0 Å². The summed E-state index contributed by atoms with van der Waals surface area (Å²) >= 11 is 0. The molecule has 0 saturated heterocycles. The molecule has 0 bridgehead atoms. The number of aliphatic imine (C=N–C) groups is 1. The fourth-order valence-electron chi connectivity index (χ4n) is 1.32. The van der Waals surface area contributed by atoms with Crippen molar-refractivity contribution in [2.45, 2.75) is 52.1 Å². The van der Waals surface area contributed by atoms with Gasteiger partial charge in [0.05, 0.1) is 6.04 Å². The molecular weight excluding hydrogens is 162 g/mol. The van der Waals surface area contributed by atoms with Gasteiger partial charge in [0.2, 0.25) is 0 Å². The Morgan fingerprint density at radius 2 is 2.00 bits per heavy atom. The van der Waals surface area contributed by atoms with E-state index in [0.29, 0.717) is 12.0 Å². The molecule has 1 rings (SSSR count). The van der Waals surface area contributed by atoms with Crippen LogP contribution in [0.5, 0.6) is 0 Å². The average Bonchev–Trinajstić information content (AvgIpc) is 2.60. The fourth-order valence-corrected chi connectivity index (χ4v) is 1.32. The molecule has 0 radical (unpaired) electrons. The molecule has 1 unspecified atom stereocenters. The first-order chi connectivity index (χ1) is 5.88. The van der Waals surface area contributed by atoms with Crippen LogP contribution in [0, 0.1) is 5.92 Å². The Labute approximate surface area is 80.8 Å². The predicted molar refractivity (Wildman–Crippen MR) is 56.7 cm³/mol. The van der Waals surface area contributed by atoms with Crippen LogP contribution >= 0.6 is 0 Å². The van der Waals surface area contributed by atoms with Crippen LogP contribution in [0.15, 0.2) is 4.99 Å². The van der Waals surface area contributed by atoms with Crippen molar-refractivity contribution in [3.63, 3.8) is 0 Å². The van der Waals surface area contributed by atoms with E-state index in [1.807, 2.05) is 0 Å². The Bertz CT molecular complexity index is 199. The Balaban J connectivity index is 2.40. The number of rotatable bonds is 2. The van der Waals surface area contributed by atoms with Crippen molar-refractivity contribution >= 4 is 5.96 Å². The smallest absolute Gasteiger partial charge is 0.189 e. The first kappa shape index (κ1) is 10.4. The van der Waals surface area contributed by atoms with E-state index >= 15 is 0 Å². The molecule has 1 fully saturated rings. The number of nitrogens with one attached hydrogen (secondary N) is 1. The zero-order chi connectivity index (χ0) is 10.1. The molecule has 1 aliphatic rings. The zero-order valence-electron chi connectivity index (χ0n) is 9.09. The highest BCUT2D eigenvalue weighted by Crippen LogP contribution is 2.33. The second kappa shape index (κ2) is 3.56. The van der Waals surface area contributed by atoms with Gasteiger partial charge in [0.25, 0.3) is 0 Å². The number of hydrogen-bond donors (Lipinski definition) is 2. The van der Waals surface area contributed by atoms with E-state index < -0.39 is 0 Å². The molecular formula is C10H21N3. The van der Waals surface area contributed by atoms with Crippen LogP contribution in [0.1, 0.15) is 40.5 Å². The van der Waals surface area contributed by atoms with Crippen molar-refractivity contribution in [2.75, 3.05) is 0 Å². The first-order valence-electron chi connectivity index (χ1n) is 5.00. The molecule has 13 heavy (non-hydrogen) atoms. The molecule has 0 aliphatic heterocycles. The molecule has 3 N–H and O–H groups in total. The lowest BCUT2D eigenvalue weighted by Gasteiger charge is -2.21. The Hall–Kier alpha value is -0.730. The van der Waals surface area contributed by atoms with E-state index in [9.17, 15) is 0 Å². The SMILES string of the molecule is CC(N=C(N)NC(C)(C)C)C1CC1. The van der Waals surface area contributed by atoms with Crippen molar-refractivity contribution < 1.29 is 0 Å². The van der Waals surface area contributed by atoms with E-state index in [0.717, 1.165) is 5.92 Å². The summed E-state index contributed by atoms with van der Waals surface area (Å²) in [6, 6.07) is 0.384. The van der Waals surface area contributed by atoms with Gasteiger partial charge in [-0.05, 0) is 46.5 Å². The lowest BCUT2D eigenvalue weighted by molar-refractivity contribution is 0.504. The molecule has 0 heterocycles. The van der Waals surface area contributed by atoms with Gasteiger partial charge >= 0.3 is 0 Å². The van der Waals surface area contributed by atoms with Crippen LogP contribution in [0.4, 0.5) is 0 Å². The third kappa shape index (κ3) is 4.15. The predicted octanol–water partition coefficient (Wildman–Crippen LogP) is 1.49. The molecule has 0 aromatic heterocycles. The second-order valence-electron chi connectivity index (χ2n) is 4.97. The minimum absolute atomic E-state index is 0.0108. The molecule has 1 saturated carbocycles. The third-order valence-corrected chi connectivity index (χ3v) is 2.15. The van der Waals surface area contributed by atoms with Crippen LogP contribution < -0.4 is 11.1 Å². The third-order valence-electron chi connectivity index (χ3n) is 2.15.